The number of hydrogen-bond donors (Lipinski definition) is 1. The van der Waals surface area contributed by atoms with Crippen LogP contribution in [0.4, 0.5) is 0 Å². The van der Waals surface area contributed by atoms with E-state index in [9.17, 15) is 0 Å². The Balaban J connectivity index is 2.46. The first-order chi connectivity index (χ1) is 8.77. The number of hydrogen-bond acceptors (Lipinski definition) is 1. The fraction of sp³-hybridized carbons (Fsp3) is 0.529. The minimum Gasteiger partial charge on any atom is -0.320 e. The van der Waals surface area contributed by atoms with Gasteiger partial charge in [-0.3, -0.25) is 0 Å². The lowest BCUT2D eigenvalue weighted by atomic mass is 9.96. The fourth-order valence-electron chi connectivity index (χ4n) is 2.16. The lowest BCUT2D eigenvalue weighted by molar-refractivity contribution is 0.641. The number of benzene rings is 1. The van der Waals surface area contributed by atoms with Gasteiger partial charge < -0.3 is 5.32 Å². The van der Waals surface area contributed by atoms with Crippen LogP contribution in [0.1, 0.15) is 43.7 Å². The monoisotopic (exact) mass is 245 g/mol. The molecule has 0 aliphatic rings. The lowest BCUT2D eigenvalue weighted by Crippen LogP contribution is -2.07. The average molecular weight is 245 g/mol. The Labute approximate surface area is 112 Å². The summed E-state index contributed by atoms with van der Waals surface area (Å²) in [7, 11) is 2.02. The molecule has 0 radical (unpaired) electrons. The highest BCUT2D eigenvalue weighted by molar-refractivity contribution is 5.30. The van der Waals surface area contributed by atoms with Crippen LogP contribution in [0, 0.1) is 0 Å². The molecule has 0 unspecified atom stereocenters. The van der Waals surface area contributed by atoms with E-state index in [1.807, 2.05) is 7.05 Å². The van der Waals surface area contributed by atoms with Crippen LogP contribution in [-0.2, 0) is 12.8 Å². The number of nitrogens with one attached hydrogen (secondary N) is 1. The topological polar surface area (TPSA) is 12.0 Å². The van der Waals surface area contributed by atoms with E-state index in [2.05, 4.69) is 43.1 Å². The van der Waals surface area contributed by atoms with Crippen molar-refractivity contribution in [2.75, 3.05) is 13.6 Å². The second-order valence-corrected chi connectivity index (χ2v) is 4.96. The molecular formula is C17H27N. The largest absolute Gasteiger partial charge is 0.320 e. The van der Waals surface area contributed by atoms with Gasteiger partial charge in [0, 0.05) is 0 Å². The third-order valence-electron chi connectivity index (χ3n) is 3.43. The van der Waals surface area contributed by atoms with E-state index in [1.165, 1.54) is 42.4 Å². The van der Waals surface area contributed by atoms with Gasteiger partial charge in [0.15, 0.2) is 0 Å². The molecule has 0 heterocycles. The van der Waals surface area contributed by atoms with Crippen molar-refractivity contribution in [2.24, 2.45) is 0 Å². The van der Waals surface area contributed by atoms with Crippen LogP contribution in [0.5, 0.6) is 0 Å². The molecule has 1 nitrogen and oxygen atoms in total. The van der Waals surface area contributed by atoms with Gasteiger partial charge in [0.25, 0.3) is 0 Å². The first-order valence-electron chi connectivity index (χ1n) is 7.16. The summed E-state index contributed by atoms with van der Waals surface area (Å²) < 4.78 is 0. The Bertz CT molecular complexity index is 354. The van der Waals surface area contributed by atoms with Gasteiger partial charge in [0.1, 0.15) is 0 Å². The molecule has 0 aromatic heterocycles. The molecule has 0 spiro atoms. The third kappa shape index (κ3) is 5.50. The highest BCUT2D eigenvalue weighted by Crippen LogP contribution is 2.17. The number of allylic oxidation sites excluding steroid dienone is 1. The molecule has 18 heavy (non-hydrogen) atoms. The Morgan fingerprint density at radius 3 is 2.50 bits per heavy atom. The summed E-state index contributed by atoms with van der Waals surface area (Å²) in [6.45, 7) is 7.44. The van der Waals surface area contributed by atoms with Crippen LogP contribution in [0.25, 0.3) is 0 Å². The quantitative estimate of drug-likeness (QED) is 0.509. The zero-order chi connectivity index (χ0) is 13.2. The van der Waals surface area contributed by atoms with Crippen LogP contribution in [0.3, 0.4) is 0 Å². The molecule has 0 amide bonds. The lowest BCUT2D eigenvalue weighted by Gasteiger charge is -2.10. The van der Waals surface area contributed by atoms with Crippen molar-refractivity contribution in [3.8, 4) is 0 Å². The second kappa shape index (κ2) is 8.93. The molecule has 0 fully saturated rings. The van der Waals surface area contributed by atoms with Gasteiger partial charge in [0.2, 0.25) is 0 Å². The average Bonchev–Trinajstić information content (AvgIpc) is 2.40. The maximum Gasteiger partial charge on any atom is -0.00519 e. The van der Waals surface area contributed by atoms with E-state index in [4.69, 9.17) is 0 Å². The van der Waals surface area contributed by atoms with Crippen LogP contribution in [0.15, 0.2) is 36.4 Å². The molecule has 0 saturated heterocycles. The molecule has 0 atom stereocenters. The first kappa shape index (κ1) is 15.0. The van der Waals surface area contributed by atoms with E-state index in [0.29, 0.717) is 0 Å². The zero-order valence-electron chi connectivity index (χ0n) is 12.0. The molecule has 100 valence electrons. The first-order valence-corrected chi connectivity index (χ1v) is 7.16. The van der Waals surface area contributed by atoms with Gasteiger partial charge in [-0.25, -0.2) is 0 Å². The van der Waals surface area contributed by atoms with Gasteiger partial charge in [-0.1, -0.05) is 49.8 Å². The van der Waals surface area contributed by atoms with Gasteiger partial charge in [-0.15, -0.1) is 0 Å². The Morgan fingerprint density at radius 1 is 1.11 bits per heavy atom. The predicted octanol–water partition coefficient (Wildman–Crippen LogP) is 4.13. The SMILES string of the molecule is C=C(CC)Cc1ccccc1CCCCCNC. The summed E-state index contributed by atoms with van der Waals surface area (Å²) in [4.78, 5) is 0. The summed E-state index contributed by atoms with van der Waals surface area (Å²) in [5.74, 6) is 0. The second-order valence-electron chi connectivity index (χ2n) is 4.96. The summed E-state index contributed by atoms with van der Waals surface area (Å²) in [6.07, 6.45) is 7.21. The van der Waals surface area contributed by atoms with Crippen LogP contribution in [-0.4, -0.2) is 13.6 Å². The van der Waals surface area contributed by atoms with Crippen molar-refractivity contribution in [3.05, 3.63) is 47.5 Å². The molecule has 0 saturated carbocycles. The van der Waals surface area contributed by atoms with Crippen molar-refractivity contribution in [1.82, 2.24) is 5.32 Å². The highest BCUT2D eigenvalue weighted by Gasteiger charge is 2.02. The molecular weight excluding hydrogens is 218 g/mol. The minimum atomic E-state index is 1.04. The number of aryl methyl sites for hydroxylation is 1. The van der Waals surface area contributed by atoms with Crippen LogP contribution in [0.2, 0.25) is 0 Å². The highest BCUT2D eigenvalue weighted by atomic mass is 14.8. The normalized spacial score (nSPS) is 10.6. The van der Waals surface area contributed by atoms with E-state index < -0.39 is 0 Å². The van der Waals surface area contributed by atoms with E-state index in [-0.39, 0.29) is 0 Å². The summed E-state index contributed by atoms with van der Waals surface area (Å²) >= 11 is 0. The molecule has 0 aliphatic heterocycles. The third-order valence-corrected chi connectivity index (χ3v) is 3.43. The maximum atomic E-state index is 4.12. The Kier molecular flexibility index (Phi) is 7.43. The molecule has 1 N–H and O–H groups in total. The van der Waals surface area contributed by atoms with E-state index in [0.717, 1.165) is 19.4 Å². The molecule has 0 bridgehead atoms. The zero-order valence-corrected chi connectivity index (χ0v) is 12.0. The van der Waals surface area contributed by atoms with Gasteiger partial charge in [-0.2, -0.15) is 0 Å². The molecule has 0 aliphatic carbocycles. The van der Waals surface area contributed by atoms with Gasteiger partial charge in [0.05, 0.1) is 0 Å². The van der Waals surface area contributed by atoms with Crippen LogP contribution < -0.4 is 5.32 Å². The summed E-state index contributed by atoms with van der Waals surface area (Å²) in [5.41, 5.74) is 4.31. The van der Waals surface area contributed by atoms with Crippen molar-refractivity contribution in [3.63, 3.8) is 0 Å². The standard InChI is InChI=1S/C17H27N/c1-4-15(2)14-17-12-8-7-11-16(17)10-6-5-9-13-18-3/h7-8,11-12,18H,2,4-6,9-10,13-14H2,1,3H3. The van der Waals surface area contributed by atoms with Crippen molar-refractivity contribution in [2.45, 2.75) is 45.4 Å². The summed E-state index contributed by atoms with van der Waals surface area (Å²) in [6, 6.07) is 8.82. The fourth-order valence-corrected chi connectivity index (χ4v) is 2.16. The van der Waals surface area contributed by atoms with Crippen LogP contribution >= 0.6 is 0 Å². The van der Waals surface area contributed by atoms with Crippen molar-refractivity contribution >= 4 is 0 Å². The maximum absolute atomic E-state index is 4.12. The van der Waals surface area contributed by atoms with Crippen molar-refractivity contribution < 1.29 is 0 Å². The number of unbranched alkanes of at least 4 members (excludes halogenated alkanes) is 2. The molecule has 1 heteroatoms. The number of rotatable bonds is 9. The summed E-state index contributed by atoms with van der Waals surface area (Å²) in [5, 5.41) is 3.20. The molecule has 1 aromatic carbocycles. The molecule has 1 aromatic rings. The minimum absolute atomic E-state index is 1.04. The van der Waals surface area contributed by atoms with Gasteiger partial charge in [-0.05, 0) is 56.8 Å². The van der Waals surface area contributed by atoms with E-state index in [1.54, 1.807) is 0 Å². The predicted molar refractivity (Wildman–Crippen MR) is 81.1 cm³/mol. The van der Waals surface area contributed by atoms with E-state index >= 15 is 0 Å². The Morgan fingerprint density at radius 2 is 1.83 bits per heavy atom. The Hall–Kier alpha value is -1.08. The van der Waals surface area contributed by atoms with Gasteiger partial charge >= 0.3 is 0 Å². The smallest absolute Gasteiger partial charge is 0.00519 e. The van der Waals surface area contributed by atoms with Crippen molar-refractivity contribution in [1.29, 1.82) is 0 Å². The molecule has 1 rings (SSSR count).